The summed E-state index contributed by atoms with van der Waals surface area (Å²) >= 11 is 5.92. The first kappa shape index (κ1) is 18.5. The van der Waals surface area contributed by atoms with Crippen LogP contribution in [0.5, 0.6) is 0 Å². The number of hydrogen-bond donors (Lipinski definition) is 1. The minimum atomic E-state index is -1.22. The van der Waals surface area contributed by atoms with E-state index >= 15 is 0 Å². The van der Waals surface area contributed by atoms with Gasteiger partial charge < -0.3 is 10.2 Å². The Kier molecular flexibility index (Phi) is 4.59. The van der Waals surface area contributed by atoms with Gasteiger partial charge in [0.2, 0.25) is 5.91 Å². The van der Waals surface area contributed by atoms with E-state index < -0.39 is 17.5 Å². The zero-order valence-corrected chi connectivity index (χ0v) is 16.2. The van der Waals surface area contributed by atoms with Gasteiger partial charge in [-0.05, 0) is 49.1 Å². The van der Waals surface area contributed by atoms with Crippen LogP contribution in [0.2, 0.25) is 5.02 Å². The predicted molar refractivity (Wildman–Crippen MR) is 106 cm³/mol. The van der Waals surface area contributed by atoms with Crippen LogP contribution in [-0.2, 0) is 21.5 Å². The lowest BCUT2D eigenvalue weighted by atomic mass is 9.92. The standard InChI is InChI=1S/C21H20ClN3O3/c1-21(15-8-10-16(22)11-9-15)19(27)25(20(28)23-21)13-18(26)24-12-4-6-14-5-2-3-7-17(14)24/h2-3,5,7-11H,4,6,12-13H2,1H3,(H,23,28)/t21-/m0/s1. The van der Waals surface area contributed by atoms with Crippen molar-refractivity contribution in [3.05, 3.63) is 64.7 Å². The Balaban J connectivity index is 1.56. The van der Waals surface area contributed by atoms with Crippen molar-refractivity contribution in [2.45, 2.75) is 25.3 Å². The van der Waals surface area contributed by atoms with Gasteiger partial charge in [-0.3, -0.25) is 14.5 Å². The molecule has 0 bridgehead atoms. The highest BCUT2D eigenvalue weighted by molar-refractivity contribution is 6.30. The van der Waals surface area contributed by atoms with Gasteiger partial charge in [0.1, 0.15) is 12.1 Å². The van der Waals surface area contributed by atoms with Crippen LogP contribution in [0.25, 0.3) is 0 Å². The molecule has 1 atom stereocenters. The molecule has 0 aliphatic carbocycles. The molecule has 2 aliphatic rings. The van der Waals surface area contributed by atoms with Gasteiger partial charge in [0.05, 0.1) is 0 Å². The Morgan fingerprint density at radius 3 is 2.61 bits per heavy atom. The Hall–Kier alpha value is -2.86. The molecule has 28 heavy (non-hydrogen) atoms. The summed E-state index contributed by atoms with van der Waals surface area (Å²) in [5, 5.41) is 3.26. The fourth-order valence-corrected chi connectivity index (χ4v) is 3.96. The average Bonchev–Trinajstić information content (AvgIpc) is 2.92. The Morgan fingerprint density at radius 2 is 1.86 bits per heavy atom. The second-order valence-corrected chi connectivity index (χ2v) is 7.67. The number of nitrogens with zero attached hydrogens (tertiary/aromatic N) is 2. The minimum Gasteiger partial charge on any atom is -0.319 e. The Labute approximate surface area is 168 Å². The van der Waals surface area contributed by atoms with Crippen molar-refractivity contribution >= 4 is 35.1 Å². The monoisotopic (exact) mass is 397 g/mol. The van der Waals surface area contributed by atoms with Crippen molar-refractivity contribution < 1.29 is 14.4 Å². The molecule has 1 N–H and O–H groups in total. The maximum absolute atomic E-state index is 13.0. The third-order valence-corrected chi connectivity index (χ3v) is 5.65. The van der Waals surface area contributed by atoms with E-state index in [1.807, 2.05) is 24.3 Å². The normalized spacial score (nSPS) is 21.5. The van der Waals surface area contributed by atoms with Gasteiger partial charge in [0.25, 0.3) is 5.91 Å². The minimum absolute atomic E-state index is 0.268. The first-order valence-corrected chi connectivity index (χ1v) is 9.56. The molecule has 144 valence electrons. The van der Waals surface area contributed by atoms with Crippen LogP contribution in [-0.4, -0.2) is 35.8 Å². The zero-order valence-electron chi connectivity index (χ0n) is 15.4. The molecule has 6 nitrogen and oxygen atoms in total. The molecular formula is C21H20ClN3O3. The molecule has 4 rings (SSSR count). The lowest BCUT2D eigenvalue weighted by molar-refractivity contribution is -0.134. The fraction of sp³-hybridized carbons (Fsp3) is 0.286. The summed E-state index contributed by atoms with van der Waals surface area (Å²) in [5.41, 5.74) is 1.35. The number of nitrogens with one attached hydrogen (secondary N) is 1. The third kappa shape index (κ3) is 3.03. The molecule has 1 saturated heterocycles. The SMILES string of the molecule is C[C@@]1(c2ccc(Cl)cc2)NC(=O)N(CC(=O)N2CCCc3ccccc32)C1=O. The topological polar surface area (TPSA) is 69.7 Å². The van der Waals surface area contributed by atoms with Crippen molar-refractivity contribution in [2.24, 2.45) is 0 Å². The van der Waals surface area contributed by atoms with E-state index in [-0.39, 0.29) is 12.5 Å². The van der Waals surface area contributed by atoms with E-state index in [0.717, 1.165) is 29.0 Å². The second-order valence-electron chi connectivity index (χ2n) is 7.23. The molecule has 0 spiro atoms. The zero-order chi connectivity index (χ0) is 19.9. The van der Waals surface area contributed by atoms with Crippen LogP contribution >= 0.6 is 11.6 Å². The van der Waals surface area contributed by atoms with Crippen molar-refractivity contribution in [3.63, 3.8) is 0 Å². The number of carbonyl (C=O) groups is 3. The number of aryl methyl sites for hydroxylation is 1. The van der Waals surface area contributed by atoms with Crippen LogP contribution in [0.3, 0.4) is 0 Å². The van der Waals surface area contributed by atoms with Crippen molar-refractivity contribution in [1.29, 1.82) is 0 Å². The number of amides is 4. The van der Waals surface area contributed by atoms with Crippen LogP contribution in [0.4, 0.5) is 10.5 Å². The van der Waals surface area contributed by atoms with Gasteiger partial charge in [0, 0.05) is 17.3 Å². The van der Waals surface area contributed by atoms with Crippen LogP contribution in [0.1, 0.15) is 24.5 Å². The number of para-hydroxylation sites is 1. The number of carbonyl (C=O) groups excluding carboxylic acids is 3. The molecule has 0 saturated carbocycles. The Morgan fingerprint density at radius 1 is 1.14 bits per heavy atom. The highest BCUT2D eigenvalue weighted by Crippen LogP contribution is 2.31. The average molecular weight is 398 g/mol. The fourth-order valence-electron chi connectivity index (χ4n) is 3.83. The predicted octanol–water partition coefficient (Wildman–Crippen LogP) is 3.09. The molecule has 0 radical (unpaired) electrons. The van der Waals surface area contributed by atoms with Crippen LogP contribution < -0.4 is 10.2 Å². The third-order valence-electron chi connectivity index (χ3n) is 5.40. The van der Waals surface area contributed by atoms with E-state index in [9.17, 15) is 14.4 Å². The summed E-state index contributed by atoms with van der Waals surface area (Å²) < 4.78 is 0. The number of fused-ring (bicyclic) bond motifs is 1. The van der Waals surface area contributed by atoms with Gasteiger partial charge in [0.15, 0.2) is 0 Å². The second kappa shape index (κ2) is 6.95. The maximum Gasteiger partial charge on any atom is 0.325 e. The molecular weight excluding hydrogens is 378 g/mol. The number of urea groups is 1. The molecule has 2 aromatic rings. The number of imide groups is 1. The number of halogens is 1. The quantitative estimate of drug-likeness (QED) is 0.809. The summed E-state index contributed by atoms with van der Waals surface area (Å²) in [7, 11) is 0. The van der Waals surface area contributed by atoms with Gasteiger partial charge in [-0.15, -0.1) is 0 Å². The highest BCUT2D eigenvalue weighted by atomic mass is 35.5. The highest BCUT2D eigenvalue weighted by Gasteiger charge is 2.49. The number of benzene rings is 2. The van der Waals surface area contributed by atoms with Gasteiger partial charge >= 0.3 is 6.03 Å². The lowest BCUT2D eigenvalue weighted by Gasteiger charge is -2.30. The van der Waals surface area contributed by atoms with Crippen LogP contribution in [0.15, 0.2) is 48.5 Å². The first-order chi connectivity index (χ1) is 13.4. The molecule has 4 amide bonds. The summed E-state index contributed by atoms with van der Waals surface area (Å²) in [4.78, 5) is 41.1. The largest absolute Gasteiger partial charge is 0.325 e. The van der Waals surface area contributed by atoms with E-state index in [2.05, 4.69) is 5.32 Å². The van der Waals surface area contributed by atoms with Crippen molar-refractivity contribution in [1.82, 2.24) is 10.2 Å². The maximum atomic E-state index is 13.0. The first-order valence-electron chi connectivity index (χ1n) is 9.18. The molecule has 7 heteroatoms. The molecule has 2 aromatic carbocycles. The van der Waals surface area contributed by atoms with Crippen molar-refractivity contribution in [2.75, 3.05) is 18.0 Å². The number of rotatable bonds is 3. The summed E-state index contributed by atoms with van der Waals surface area (Å²) in [6.07, 6.45) is 1.77. The molecule has 1 fully saturated rings. The summed E-state index contributed by atoms with van der Waals surface area (Å²) in [6, 6.07) is 13.9. The van der Waals surface area contributed by atoms with E-state index in [1.165, 1.54) is 0 Å². The van der Waals surface area contributed by atoms with Crippen LogP contribution in [0, 0.1) is 0 Å². The van der Waals surface area contributed by atoms with E-state index in [0.29, 0.717) is 17.1 Å². The molecule has 2 aliphatic heterocycles. The summed E-state index contributed by atoms with van der Waals surface area (Å²) in [5.74, 6) is -0.713. The van der Waals surface area contributed by atoms with Gasteiger partial charge in [-0.1, -0.05) is 41.9 Å². The smallest absolute Gasteiger partial charge is 0.319 e. The summed E-state index contributed by atoms with van der Waals surface area (Å²) in [6.45, 7) is 1.92. The van der Waals surface area contributed by atoms with E-state index in [1.54, 1.807) is 36.1 Å². The number of anilines is 1. The van der Waals surface area contributed by atoms with Crippen molar-refractivity contribution in [3.8, 4) is 0 Å². The van der Waals surface area contributed by atoms with Gasteiger partial charge in [-0.25, -0.2) is 4.79 Å². The number of hydrogen-bond acceptors (Lipinski definition) is 3. The van der Waals surface area contributed by atoms with Gasteiger partial charge in [-0.2, -0.15) is 0 Å². The Bertz CT molecular complexity index is 960. The molecule has 2 heterocycles. The van der Waals surface area contributed by atoms with E-state index in [4.69, 9.17) is 11.6 Å². The lowest BCUT2D eigenvalue weighted by Crippen LogP contribution is -2.46. The molecule has 0 aromatic heterocycles. The molecule has 0 unspecified atom stereocenters.